The Balaban J connectivity index is 1.90. The lowest BCUT2D eigenvalue weighted by atomic mass is 10.3. The summed E-state index contributed by atoms with van der Waals surface area (Å²) < 4.78 is 52.9. The summed E-state index contributed by atoms with van der Waals surface area (Å²) in [7, 11) is -3.09. The Kier molecular flexibility index (Phi) is 5.04. The van der Waals surface area contributed by atoms with Crippen LogP contribution in [0.15, 0.2) is 39.8 Å². The molecule has 0 spiro atoms. The van der Waals surface area contributed by atoms with E-state index >= 15 is 0 Å². The number of hydrogen-bond donors (Lipinski definition) is 2. The van der Waals surface area contributed by atoms with Gasteiger partial charge in [-0.3, -0.25) is 0 Å². The second kappa shape index (κ2) is 6.82. The minimum atomic E-state index is -4.82. The van der Waals surface area contributed by atoms with Crippen LogP contribution < -0.4 is 10.6 Å². The fourth-order valence-electron chi connectivity index (χ4n) is 1.64. The Morgan fingerprint density at radius 3 is 2.48 bits per heavy atom. The van der Waals surface area contributed by atoms with Gasteiger partial charge in [0.25, 0.3) is 0 Å². The first-order valence-electron chi connectivity index (χ1n) is 6.31. The van der Waals surface area contributed by atoms with E-state index in [4.69, 9.17) is 4.52 Å². The molecule has 0 saturated heterocycles. The highest BCUT2D eigenvalue weighted by atomic mass is 32.2. The van der Waals surface area contributed by atoms with Gasteiger partial charge in [-0.2, -0.15) is 13.2 Å². The standard InChI is InChI=1S/C13H12F3N3O3S/c1-8-6-10(19-22-8)7-17-12(20)18-9-2-4-11(5-3-9)23(21)13(14,15)16/h2-6H,7H2,1H3,(H2,17,18,20). The van der Waals surface area contributed by atoms with Crippen LogP contribution in [0.25, 0.3) is 0 Å². The molecule has 0 aliphatic rings. The lowest BCUT2D eigenvalue weighted by Gasteiger charge is -2.08. The van der Waals surface area contributed by atoms with E-state index in [1.54, 1.807) is 13.0 Å². The maximum absolute atomic E-state index is 12.3. The predicted molar refractivity (Wildman–Crippen MR) is 76.0 cm³/mol. The van der Waals surface area contributed by atoms with Crippen molar-refractivity contribution in [3.05, 3.63) is 41.8 Å². The van der Waals surface area contributed by atoms with Crippen LogP contribution in [0.2, 0.25) is 0 Å². The van der Waals surface area contributed by atoms with Gasteiger partial charge in [-0.1, -0.05) is 5.16 Å². The van der Waals surface area contributed by atoms with Crippen molar-refractivity contribution < 1.29 is 26.7 Å². The van der Waals surface area contributed by atoms with Gasteiger partial charge in [-0.25, -0.2) is 9.00 Å². The summed E-state index contributed by atoms with van der Waals surface area (Å²) in [6.07, 6.45) is 0. The number of hydrogen-bond acceptors (Lipinski definition) is 4. The third-order valence-electron chi connectivity index (χ3n) is 2.64. The lowest BCUT2D eigenvalue weighted by molar-refractivity contribution is -0.0384. The maximum atomic E-state index is 12.3. The lowest BCUT2D eigenvalue weighted by Crippen LogP contribution is -2.28. The van der Waals surface area contributed by atoms with E-state index in [-0.39, 0.29) is 17.1 Å². The largest absolute Gasteiger partial charge is 0.475 e. The molecule has 1 unspecified atom stereocenters. The summed E-state index contributed by atoms with van der Waals surface area (Å²) >= 11 is 0. The molecule has 1 heterocycles. The summed E-state index contributed by atoms with van der Waals surface area (Å²) in [5.74, 6) is 0.607. The number of carbonyl (C=O) groups excluding carboxylic acids is 1. The zero-order valence-electron chi connectivity index (χ0n) is 11.8. The van der Waals surface area contributed by atoms with Crippen LogP contribution in [0.1, 0.15) is 11.5 Å². The second-order valence-electron chi connectivity index (χ2n) is 4.48. The Morgan fingerprint density at radius 2 is 1.96 bits per heavy atom. The number of rotatable bonds is 4. The van der Waals surface area contributed by atoms with E-state index in [1.807, 2.05) is 0 Å². The van der Waals surface area contributed by atoms with Crippen LogP contribution in [-0.2, 0) is 17.3 Å². The molecular weight excluding hydrogens is 335 g/mol. The third-order valence-corrected chi connectivity index (χ3v) is 3.76. The number of benzene rings is 1. The molecule has 2 N–H and O–H groups in total. The van der Waals surface area contributed by atoms with E-state index in [2.05, 4.69) is 15.8 Å². The van der Waals surface area contributed by atoms with Crippen molar-refractivity contribution in [2.75, 3.05) is 5.32 Å². The minimum Gasteiger partial charge on any atom is -0.361 e. The molecular formula is C13H12F3N3O3S. The van der Waals surface area contributed by atoms with Crippen molar-refractivity contribution in [3.63, 3.8) is 0 Å². The average molecular weight is 347 g/mol. The van der Waals surface area contributed by atoms with Gasteiger partial charge in [0, 0.05) is 16.6 Å². The molecule has 0 saturated carbocycles. The summed E-state index contributed by atoms with van der Waals surface area (Å²) in [5, 5.41) is 8.64. The van der Waals surface area contributed by atoms with Gasteiger partial charge in [0.05, 0.1) is 6.54 Å². The van der Waals surface area contributed by atoms with Gasteiger partial charge >= 0.3 is 11.5 Å². The topological polar surface area (TPSA) is 84.2 Å². The maximum Gasteiger partial charge on any atom is 0.475 e. The molecule has 124 valence electrons. The Bertz CT molecular complexity index is 713. The Hall–Kier alpha value is -2.36. The first-order chi connectivity index (χ1) is 10.8. The highest BCUT2D eigenvalue weighted by Crippen LogP contribution is 2.26. The SMILES string of the molecule is Cc1cc(CNC(=O)Nc2ccc(S(=O)C(F)(F)F)cc2)no1. The number of amides is 2. The summed E-state index contributed by atoms with van der Waals surface area (Å²) in [6, 6.07) is 5.65. The van der Waals surface area contributed by atoms with Crippen LogP contribution in [0.5, 0.6) is 0 Å². The highest BCUT2D eigenvalue weighted by Gasteiger charge is 2.37. The predicted octanol–water partition coefficient (Wildman–Crippen LogP) is 2.93. The van der Waals surface area contributed by atoms with Crippen molar-refractivity contribution in [1.29, 1.82) is 0 Å². The molecule has 2 rings (SSSR count). The van der Waals surface area contributed by atoms with E-state index in [1.165, 1.54) is 12.1 Å². The number of halogens is 3. The number of nitrogens with one attached hydrogen (secondary N) is 2. The van der Waals surface area contributed by atoms with Crippen molar-refractivity contribution in [1.82, 2.24) is 10.5 Å². The number of aryl methyl sites for hydroxylation is 1. The first-order valence-corrected chi connectivity index (χ1v) is 7.46. The summed E-state index contributed by atoms with van der Waals surface area (Å²) in [5.41, 5.74) is -4.02. The van der Waals surface area contributed by atoms with Crippen LogP contribution in [0.3, 0.4) is 0 Å². The fourth-order valence-corrected chi connectivity index (χ4v) is 2.29. The monoisotopic (exact) mass is 347 g/mol. The molecule has 0 bridgehead atoms. The van der Waals surface area contributed by atoms with E-state index < -0.39 is 22.3 Å². The molecule has 2 amide bonds. The number of anilines is 1. The third kappa shape index (κ3) is 4.81. The quantitative estimate of drug-likeness (QED) is 0.891. The summed E-state index contributed by atoms with van der Waals surface area (Å²) in [4.78, 5) is 11.3. The molecule has 23 heavy (non-hydrogen) atoms. The molecule has 0 radical (unpaired) electrons. The normalized spacial score (nSPS) is 12.7. The molecule has 1 aromatic heterocycles. The fraction of sp³-hybridized carbons (Fsp3) is 0.231. The van der Waals surface area contributed by atoms with Crippen molar-refractivity contribution in [3.8, 4) is 0 Å². The van der Waals surface area contributed by atoms with Gasteiger partial charge in [-0.05, 0) is 31.2 Å². The van der Waals surface area contributed by atoms with Gasteiger partial charge in [0.15, 0.2) is 10.8 Å². The molecule has 0 fully saturated rings. The number of aromatic nitrogens is 1. The molecule has 0 aliphatic carbocycles. The van der Waals surface area contributed by atoms with Gasteiger partial charge < -0.3 is 15.2 Å². The zero-order chi connectivity index (χ0) is 17.0. The number of nitrogens with zero attached hydrogens (tertiary/aromatic N) is 1. The second-order valence-corrected chi connectivity index (χ2v) is 5.95. The zero-order valence-corrected chi connectivity index (χ0v) is 12.6. The number of urea groups is 1. The molecule has 6 nitrogen and oxygen atoms in total. The molecule has 1 atom stereocenters. The molecule has 10 heteroatoms. The van der Waals surface area contributed by atoms with Crippen molar-refractivity contribution >= 4 is 22.5 Å². The first kappa shape index (κ1) is 17.0. The van der Waals surface area contributed by atoms with Gasteiger partial charge in [0.2, 0.25) is 0 Å². The Labute approximate surface area is 131 Å². The van der Waals surface area contributed by atoms with Gasteiger partial charge in [-0.15, -0.1) is 0 Å². The molecule has 1 aromatic carbocycles. The van der Waals surface area contributed by atoms with Crippen LogP contribution in [0, 0.1) is 6.92 Å². The van der Waals surface area contributed by atoms with Crippen molar-refractivity contribution in [2.24, 2.45) is 0 Å². The molecule has 0 aliphatic heterocycles. The van der Waals surface area contributed by atoms with E-state index in [0.717, 1.165) is 12.1 Å². The Morgan fingerprint density at radius 1 is 1.30 bits per heavy atom. The minimum absolute atomic E-state index is 0.138. The highest BCUT2D eigenvalue weighted by molar-refractivity contribution is 7.86. The molecule has 2 aromatic rings. The number of alkyl halides is 3. The van der Waals surface area contributed by atoms with E-state index in [0.29, 0.717) is 11.5 Å². The van der Waals surface area contributed by atoms with Crippen LogP contribution in [-0.4, -0.2) is 20.9 Å². The van der Waals surface area contributed by atoms with Crippen LogP contribution in [0.4, 0.5) is 23.7 Å². The van der Waals surface area contributed by atoms with Gasteiger partial charge in [0.1, 0.15) is 11.5 Å². The van der Waals surface area contributed by atoms with Crippen LogP contribution >= 0.6 is 0 Å². The van der Waals surface area contributed by atoms with Crippen molar-refractivity contribution in [2.45, 2.75) is 23.9 Å². The average Bonchev–Trinajstić information content (AvgIpc) is 2.90. The number of carbonyl (C=O) groups is 1. The van der Waals surface area contributed by atoms with E-state index in [9.17, 15) is 22.2 Å². The summed E-state index contributed by atoms with van der Waals surface area (Å²) in [6.45, 7) is 1.85. The smallest absolute Gasteiger partial charge is 0.361 e.